The number of pyridine rings is 1. The maximum atomic E-state index is 12.8. The number of aryl methyl sites for hydroxylation is 1. The number of rotatable bonds is 1. The molecule has 1 heterocycles. The van der Waals surface area contributed by atoms with E-state index in [1.54, 1.807) is 0 Å². The molecule has 2 rings (SSSR count). The average Bonchev–Trinajstić information content (AvgIpc) is 2.30. The van der Waals surface area contributed by atoms with Gasteiger partial charge in [-0.15, -0.1) is 0 Å². The number of alkyl halides is 3. The van der Waals surface area contributed by atoms with Crippen LogP contribution in [0.15, 0.2) is 18.2 Å². The number of fused-ring (bicyclic) bond motifs is 1. The summed E-state index contributed by atoms with van der Waals surface area (Å²) in [6, 6.07) is 4.01. The standard InChI is InChI=1S/C12H7ClF3NO3/c1-5-4-6-2-3-7(13)9(20-11(18)19)8(6)17-10(5)12(14,15)16/h2-4H,1H3,(H,18,19). The van der Waals surface area contributed by atoms with Gasteiger partial charge in [0.05, 0.1) is 5.02 Å². The minimum atomic E-state index is -4.65. The summed E-state index contributed by atoms with van der Waals surface area (Å²) in [6.45, 7) is 1.27. The Morgan fingerprint density at radius 1 is 1.40 bits per heavy atom. The number of carboxylic acid groups (broad SMARTS) is 1. The fourth-order valence-electron chi connectivity index (χ4n) is 1.77. The van der Waals surface area contributed by atoms with Crippen LogP contribution in [0.1, 0.15) is 11.3 Å². The van der Waals surface area contributed by atoms with Crippen LogP contribution in [0.4, 0.5) is 18.0 Å². The van der Waals surface area contributed by atoms with Crippen molar-refractivity contribution in [2.75, 3.05) is 0 Å². The largest absolute Gasteiger partial charge is 0.511 e. The molecule has 0 spiro atoms. The Bertz CT molecular complexity index is 700. The minimum Gasteiger partial charge on any atom is -0.449 e. The first-order valence-electron chi connectivity index (χ1n) is 5.28. The van der Waals surface area contributed by atoms with Crippen LogP contribution < -0.4 is 4.74 Å². The van der Waals surface area contributed by atoms with E-state index in [0.717, 1.165) is 0 Å². The third-order valence-electron chi connectivity index (χ3n) is 2.54. The Kier molecular flexibility index (Phi) is 3.47. The lowest BCUT2D eigenvalue weighted by molar-refractivity contribution is -0.141. The van der Waals surface area contributed by atoms with Crippen molar-refractivity contribution >= 4 is 28.7 Å². The van der Waals surface area contributed by atoms with Gasteiger partial charge in [-0.2, -0.15) is 13.2 Å². The summed E-state index contributed by atoms with van der Waals surface area (Å²) in [4.78, 5) is 14.0. The first kappa shape index (κ1) is 14.4. The summed E-state index contributed by atoms with van der Waals surface area (Å²) in [5, 5.41) is 8.77. The number of benzene rings is 1. The number of ether oxygens (including phenoxy) is 1. The van der Waals surface area contributed by atoms with Gasteiger partial charge < -0.3 is 9.84 Å². The fourth-order valence-corrected chi connectivity index (χ4v) is 1.96. The van der Waals surface area contributed by atoms with E-state index in [4.69, 9.17) is 16.7 Å². The van der Waals surface area contributed by atoms with Crippen LogP contribution in [0, 0.1) is 6.92 Å². The quantitative estimate of drug-likeness (QED) is 0.631. The average molecular weight is 306 g/mol. The molecule has 0 aliphatic heterocycles. The Morgan fingerprint density at radius 3 is 2.60 bits per heavy atom. The van der Waals surface area contributed by atoms with Gasteiger partial charge in [0.25, 0.3) is 0 Å². The Hall–Kier alpha value is -2.02. The molecule has 2 aromatic rings. The van der Waals surface area contributed by atoms with E-state index in [2.05, 4.69) is 9.72 Å². The Morgan fingerprint density at radius 2 is 2.05 bits per heavy atom. The van der Waals surface area contributed by atoms with Crippen molar-refractivity contribution in [3.05, 3.63) is 34.5 Å². The van der Waals surface area contributed by atoms with Crippen LogP contribution in [-0.4, -0.2) is 16.2 Å². The van der Waals surface area contributed by atoms with Gasteiger partial charge in [0.1, 0.15) is 11.2 Å². The van der Waals surface area contributed by atoms with Crippen molar-refractivity contribution in [1.29, 1.82) is 0 Å². The molecule has 0 saturated carbocycles. The van der Waals surface area contributed by atoms with E-state index in [1.807, 2.05) is 0 Å². The van der Waals surface area contributed by atoms with Crippen molar-refractivity contribution in [1.82, 2.24) is 4.98 Å². The molecular weight excluding hydrogens is 299 g/mol. The van der Waals surface area contributed by atoms with Gasteiger partial charge in [-0.25, -0.2) is 9.78 Å². The Labute approximate surface area is 115 Å². The van der Waals surface area contributed by atoms with Gasteiger partial charge >= 0.3 is 12.3 Å². The molecule has 0 amide bonds. The fraction of sp³-hybridized carbons (Fsp3) is 0.167. The summed E-state index contributed by atoms with van der Waals surface area (Å²) < 4.78 is 42.9. The second kappa shape index (κ2) is 4.82. The summed E-state index contributed by atoms with van der Waals surface area (Å²) >= 11 is 5.74. The van der Waals surface area contributed by atoms with Crippen molar-refractivity contribution in [2.45, 2.75) is 13.1 Å². The highest BCUT2D eigenvalue weighted by atomic mass is 35.5. The molecule has 20 heavy (non-hydrogen) atoms. The van der Waals surface area contributed by atoms with E-state index in [1.165, 1.54) is 25.1 Å². The van der Waals surface area contributed by atoms with Crippen molar-refractivity contribution in [2.24, 2.45) is 0 Å². The second-order valence-electron chi connectivity index (χ2n) is 3.97. The summed E-state index contributed by atoms with van der Waals surface area (Å²) in [7, 11) is 0. The molecule has 8 heteroatoms. The molecule has 0 fully saturated rings. The van der Waals surface area contributed by atoms with E-state index in [-0.39, 0.29) is 16.1 Å². The highest BCUT2D eigenvalue weighted by Crippen LogP contribution is 2.37. The minimum absolute atomic E-state index is 0.0754. The molecule has 1 aromatic heterocycles. The van der Waals surface area contributed by atoms with E-state index in [0.29, 0.717) is 5.39 Å². The number of aromatic nitrogens is 1. The van der Waals surface area contributed by atoms with E-state index < -0.39 is 23.8 Å². The zero-order valence-corrected chi connectivity index (χ0v) is 10.7. The lowest BCUT2D eigenvalue weighted by Gasteiger charge is -2.12. The molecule has 0 aliphatic rings. The molecule has 0 atom stereocenters. The molecule has 1 N–H and O–H groups in total. The normalized spacial score (nSPS) is 11.7. The van der Waals surface area contributed by atoms with Gasteiger partial charge in [-0.05, 0) is 24.6 Å². The monoisotopic (exact) mass is 305 g/mol. The van der Waals surface area contributed by atoms with Gasteiger partial charge in [0, 0.05) is 5.39 Å². The van der Waals surface area contributed by atoms with Crippen LogP contribution in [0.25, 0.3) is 10.9 Å². The number of halogens is 4. The lowest BCUT2D eigenvalue weighted by atomic mass is 10.1. The predicted molar refractivity (Wildman–Crippen MR) is 65.1 cm³/mol. The van der Waals surface area contributed by atoms with Crippen molar-refractivity contribution in [3.8, 4) is 5.75 Å². The third-order valence-corrected chi connectivity index (χ3v) is 2.84. The molecule has 0 unspecified atom stereocenters. The third kappa shape index (κ3) is 2.62. The molecule has 0 aliphatic carbocycles. The maximum Gasteiger partial charge on any atom is 0.511 e. The number of hydrogen-bond donors (Lipinski definition) is 1. The SMILES string of the molecule is Cc1cc2ccc(Cl)c(OC(=O)O)c2nc1C(F)(F)F. The zero-order chi connectivity index (χ0) is 15.1. The van der Waals surface area contributed by atoms with Crippen LogP contribution in [0.2, 0.25) is 5.02 Å². The number of carbonyl (C=O) groups is 1. The smallest absolute Gasteiger partial charge is 0.449 e. The molecule has 0 saturated heterocycles. The lowest BCUT2D eigenvalue weighted by Crippen LogP contribution is -2.11. The molecular formula is C12H7ClF3NO3. The van der Waals surface area contributed by atoms with Crippen LogP contribution in [0.5, 0.6) is 5.75 Å². The highest BCUT2D eigenvalue weighted by Gasteiger charge is 2.35. The van der Waals surface area contributed by atoms with Crippen molar-refractivity contribution < 1.29 is 27.8 Å². The van der Waals surface area contributed by atoms with Gasteiger partial charge in [0.15, 0.2) is 5.75 Å². The summed E-state index contributed by atoms with van der Waals surface area (Å²) in [5.41, 5.74) is -1.44. The first-order valence-corrected chi connectivity index (χ1v) is 5.66. The Balaban J connectivity index is 2.78. The molecule has 106 valence electrons. The predicted octanol–water partition coefficient (Wildman–Crippen LogP) is 4.27. The van der Waals surface area contributed by atoms with Gasteiger partial charge in [-0.1, -0.05) is 17.7 Å². The molecule has 4 nitrogen and oxygen atoms in total. The van der Waals surface area contributed by atoms with E-state index in [9.17, 15) is 18.0 Å². The molecule has 0 bridgehead atoms. The van der Waals surface area contributed by atoms with E-state index >= 15 is 0 Å². The number of nitrogens with zero attached hydrogens (tertiary/aromatic N) is 1. The first-order chi connectivity index (χ1) is 9.20. The summed E-state index contributed by atoms with van der Waals surface area (Å²) in [5.74, 6) is -0.415. The van der Waals surface area contributed by atoms with Crippen molar-refractivity contribution in [3.63, 3.8) is 0 Å². The van der Waals surface area contributed by atoms with Crippen LogP contribution >= 0.6 is 11.6 Å². The highest BCUT2D eigenvalue weighted by molar-refractivity contribution is 6.33. The number of hydrogen-bond acceptors (Lipinski definition) is 3. The van der Waals surface area contributed by atoms with Gasteiger partial charge in [0.2, 0.25) is 0 Å². The van der Waals surface area contributed by atoms with Crippen LogP contribution in [0.3, 0.4) is 0 Å². The topological polar surface area (TPSA) is 59.4 Å². The van der Waals surface area contributed by atoms with Gasteiger partial charge in [-0.3, -0.25) is 0 Å². The zero-order valence-electron chi connectivity index (χ0n) is 9.95. The maximum absolute atomic E-state index is 12.8. The second-order valence-corrected chi connectivity index (χ2v) is 4.38. The summed E-state index contributed by atoms with van der Waals surface area (Å²) in [6.07, 6.45) is -6.34. The van der Waals surface area contributed by atoms with Crippen LogP contribution in [-0.2, 0) is 6.18 Å². The molecule has 0 radical (unpaired) electrons. The molecule has 1 aromatic carbocycles.